The van der Waals surface area contributed by atoms with Crippen molar-refractivity contribution in [2.45, 2.75) is 20.4 Å². The first-order chi connectivity index (χ1) is 12.3. The molecule has 1 unspecified atom stereocenters. The van der Waals surface area contributed by atoms with E-state index in [1.807, 2.05) is 0 Å². The van der Waals surface area contributed by atoms with Crippen LogP contribution in [0.25, 0.3) is 11.2 Å². The molecule has 0 radical (unpaired) electrons. The Kier molecular flexibility index (Phi) is 7.54. The molecular formula is C14H22N5O5PS. The van der Waals surface area contributed by atoms with E-state index in [9.17, 15) is 14.3 Å². The number of thioether (sulfide) groups is 1. The van der Waals surface area contributed by atoms with Crippen LogP contribution in [0.15, 0.2) is 12.7 Å². The molecule has 1 atom stereocenters. The molecule has 144 valence electrons. The summed E-state index contributed by atoms with van der Waals surface area (Å²) in [5.41, 5.74) is 6.77. The highest BCUT2D eigenvalue weighted by Crippen LogP contribution is 2.41. The van der Waals surface area contributed by atoms with Gasteiger partial charge in [0.2, 0.25) is 0 Å². The number of fused-ring (bicyclic) bond motifs is 1. The Morgan fingerprint density at radius 1 is 1.38 bits per heavy atom. The lowest BCUT2D eigenvalue weighted by Crippen LogP contribution is -2.09. The number of nitrogen functional groups attached to an aromatic ring is 1. The van der Waals surface area contributed by atoms with E-state index in [1.54, 1.807) is 24.7 Å². The first-order valence-corrected chi connectivity index (χ1v) is 10.7. The largest absolute Gasteiger partial charge is 0.382 e. The van der Waals surface area contributed by atoms with Gasteiger partial charge in [-0.05, 0) is 0 Å². The van der Waals surface area contributed by atoms with Crippen molar-refractivity contribution in [3.05, 3.63) is 12.7 Å². The molecule has 2 heterocycles. The van der Waals surface area contributed by atoms with Gasteiger partial charge in [0, 0.05) is 18.2 Å². The molecule has 0 aliphatic heterocycles. The highest BCUT2D eigenvalue weighted by molar-refractivity contribution is 8.13. The minimum atomic E-state index is -3.86. The Balaban J connectivity index is 1.70. The van der Waals surface area contributed by atoms with Gasteiger partial charge in [0.1, 0.15) is 18.2 Å². The van der Waals surface area contributed by atoms with Gasteiger partial charge in [-0.2, -0.15) is 0 Å². The first kappa shape index (κ1) is 20.8. The quantitative estimate of drug-likeness (QED) is 0.442. The van der Waals surface area contributed by atoms with E-state index in [2.05, 4.69) is 15.0 Å². The van der Waals surface area contributed by atoms with Crippen molar-refractivity contribution in [2.75, 3.05) is 31.0 Å². The van der Waals surface area contributed by atoms with Crippen molar-refractivity contribution >= 4 is 41.5 Å². The number of anilines is 1. The molecule has 0 bridgehead atoms. The molecule has 0 aliphatic rings. The Morgan fingerprint density at radius 2 is 2.15 bits per heavy atom. The predicted octanol–water partition coefficient (Wildman–Crippen LogP) is 1.50. The zero-order valence-electron chi connectivity index (χ0n) is 14.6. The van der Waals surface area contributed by atoms with Gasteiger partial charge in [0.05, 0.1) is 19.5 Å². The molecule has 26 heavy (non-hydrogen) atoms. The fraction of sp³-hybridized carbons (Fsp3) is 0.571. The maximum Gasteiger partial charge on any atom is 0.353 e. The summed E-state index contributed by atoms with van der Waals surface area (Å²) in [7, 11) is -3.86. The van der Waals surface area contributed by atoms with Crippen LogP contribution in [0.5, 0.6) is 0 Å². The summed E-state index contributed by atoms with van der Waals surface area (Å²) < 4.78 is 23.8. The highest BCUT2D eigenvalue weighted by atomic mass is 32.2. The molecule has 0 spiro atoms. The number of carbonyl (C=O) groups excluding carboxylic acids is 1. The summed E-state index contributed by atoms with van der Waals surface area (Å²) in [6.07, 6.45) is 2.46. The van der Waals surface area contributed by atoms with Crippen LogP contribution in [0.3, 0.4) is 0 Å². The average molecular weight is 403 g/mol. The smallest absolute Gasteiger partial charge is 0.353 e. The summed E-state index contributed by atoms with van der Waals surface area (Å²) in [5, 5.41) is 0.0228. The summed E-state index contributed by atoms with van der Waals surface area (Å²) in [6, 6.07) is 0. The molecule has 0 saturated carbocycles. The van der Waals surface area contributed by atoms with Gasteiger partial charge in [-0.15, -0.1) is 0 Å². The molecule has 2 rings (SSSR count). The zero-order valence-corrected chi connectivity index (χ0v) is 16.3. The van der Waals surface area contributed by atoms with Crippen molar-refractivity contribution < 1.29 is 23.5 Å². The molecule has 2 aromatic rings. The van der Waals surface area contributed by atoms with Crippen LogP contribution >= 0.6 is 19.4 Å². The minimum absolute atomic E-state index is 0.00260. The number of aromatic nitrogens is 4. The Morgan fingerprint density at radius 3 is 2.88 bits per heavy atom. The lowest BCUT2D eigenvalue weighted by molar-refractivity contribution is -0.113. The van der Waals surface area contributed by atoms with Gasteiger partial charge in [0.15, 0.2) is 16.6 Å². The topological polar surface area (TPSA) is 142 Å². The van der Waals surface area contributed by atoms with Gasteiger partial charge in [0.25, 0.3) is 0 Å². The molecule has 12 heteroatoms. The third-order valence-corrected chi connectivity index (χ3v) is 5.47. The second kappa shape index (κ2) is 9.43. The molecule has 0 fully saturated rings. The molecule has 2 aromatic heterocycles. The van der Waals surface area contributed by atoms with Crippen LogP contribution in [0.2, 0.25) is 0 Å². The van der Waals surface area contributed by atoms with E-state index < -0.39 is 13.9 Å². The highest BCUT2D eigenvalue weighted by Gasteiger charge is 2.20. The van der Waals surface area contributed by atoms with E-state index >= 15 is 0 Å². The lowest BCUT2D eigenvalue weighted by atomic mass is 10.3. The fourth-order valence-electron chi connectivity index (χ4n) is 1.93. The molecule has 0 aromatic carbocycles. The Labute approximate surface area is 155 Å². The van der Waals surface area contributed by atoms with Crippen LogP contribution in [-0.4, -0.2) is 54.8 Å². The number of carbonyl (C=O) groups is 1. The monoisotopic (exact) mass is 403 g/mol. The standard InChI is InChI=1S/C14H22N5O5PS/c1-10(2)14(20)26-6-5-24-25(21,22)9-23-4-3-19-8-18-11-12(15)16-7-17-13(11)19/h7-8,10H,3-6,9H2,1-2H3,(H,21,22)(H2,15,16,17). The molecular weight excluding hydrogens is 381 g/mol. The number of ether oxygens (including phenoxy) is 1. The predicted molar refractivity (Wildman–Crippen MR) is 98.6 cm³/mol. The number of nitrogens with two attached hydrogens (primary N) is 1. The molecule has 0 aliphatic carbocycles. The molecule has 10 nitrogen and oxygen atoms in total. The van der Waals surface area contributed by atoms with Crippen molar-refractivity contribution in [3.63, 3.8) is 0 Å². The van der Waals surface area contributed by atoms with Crippen molar-refractivity contribution in [2.24, 2.45) is 5.92 Å². The second-order valence-corrected chi connectivity index (χ2v) is 8.59. The maximum atomic E-state index is 11.9. The number of imidazole rings is 1. The Bertz CT molecular complexity index is 799. The van der Waals surface area contributed by atoms with Crippen LogP contribution in [0.4, 0.5) is 5.82 Å². The molecule has 0 saturated heterocycles. The van der Waals surface area contributed by atoms with Gasteiger partial charge in [-0.1, -0.05) is 25.6 Å². The first-order valence-electron chi connectivity index (χ1n) is 7.92. The number of nitrogens with zero attached hydrogens (tertiary/aromatic N) is 4. The third-order valence-electron chi connectivity index (χ3n) is 3.25. The van der Waals surface area contributed by atoms with Crippen molar-refractivity contribution in [1.82, 2.24) is 19.5 Å². The summed E-state index contributed by atoms with van der Waals surface area (Å²) in [5.74, 6) is 0.532. The number of rotatable bonds is 10. The van der Waals surface area contributed by atoms with E-state index in [0.29, 0.717) is 23.5 Å². The van der Waals surface area contributed by atoms with E-state index in [0.717, 1.165) is 11.8 Å². The zero-order chi connectivity index (χ0) is 19.2. The number of hydrogen-bond acceptors (Lipinski definition) is 9. The normalized spacial score (nSPS) is 14.0. The maximum absolute atomic E-state index is 11.9. The molecule has 3 N–H and O–H groups in total. The Hall–Kier alpha value is -1.52. The molecule has 0 amide bonds. The minimum Gasteiger partial charge on any atom is -0.382 e. The van der Waals surface area contributed by atoms with E-state index in [-0.39, 0.29) is 30.1 Å². The third kappa shape index (κ3) is 6.03. The van der Waals surface area contributed by atoms with Crippen LogP contribution in [0, 0.1) is 5.92 Å². The fourth-order valence-corrected chi connectivity index (χ4v) is 3.57. The van der Waals surface area contributed by atoms with Gasteiger partial charge < -0.3 is 24.5 Å². The van der Waals surface area contributed by atoms with Crippen molar-refractivity contribution in [1.29, 1.82) is 0 Å². The SMILES string of the molecule is CC(C)C(=O)SCCOP(=O)(O)COCCn1cnc2c(N)ncnc21. The van der Waals surface area contributed by atoms with Crippen LogP contribution in [-0.2, 0) is 25.2 Å². The van der Waals surface area contributed by atoms with Gasteiger partial charge in [-0.25, -0.2) is 15.0 Å². The van der Waals surface area contributed by atoms with E-state index in [4.69, 9.17) is 15.0 Å². The average Bonchev–Trinajstić information content (AvgIpc) is 3.00. The van der Waals surface area contributed by atoms with Crippen LogP contribution < -0.4 is 5.73 Å². The number of hydrogen-bond donors (Lipinski definition) is 2. The van der Waals surface area contributed by atoms with E-state index in [1.165, 1.54) is 6.33 Å². The lowest BCUT2D eigenvalue weighted by Gasteiger charge is -2.12. The van der Waals surface area contributed by atoms with Crippen LogP contribution in [0.1, 0.15) is 13.8 Å². The summed E-state index contributed by atoms with van der Waals surface area (Å²) in [4.78, 5) is 33.2. The van der Waals surface area contributed by atoms with Crippen molar-refractivity contribution in [3.8, 4) is 0 Å². The van der Waals surface area contributed by atoms with Gasteiger partial charge >= 0.3 is 7.60 Å². The summed E-state index contributed by atoms with van der Waals surface area (Å²) in [6.45, 7) is 4.15. The summed E-state index contributed by atoms with van der Waals surface area (Å²) >= 11 is 1.08. The second-order valence-electron chi connectivity index (χ2n) is 5.70. The van der Waals surface area contributed by atoms with Gasteiger partial charge in [-0.3, -0.25) is 9.36 Å².